The number of hydrogen-bond donors (Lipinski definition) is 2. The third kappa shape index (κ3) is 18.8. The summed E-state index contributed by atoms with van der Waals surface area (Å²) in [5.41, 5.74) is 0.656. The molecular formula is C19H22Cl3MnN5O2S9. The van der Waals surface area contributed by atoms with Crippen LogP contribution in [0.15, 0.2) is 24.3 Å². The predicted octanol–water partition coefficient (Wildman–Crippen LogP) is 5.15. The van der Waals surface area contributed by atoms with Gasteiger partial charge in [-0.1, -0.05) is 80.0 Å². The van der Waals surface area contributed by atoms with Crippen molar-refractivity contribution >= 4 is 172 Å². The van der Waals surface area contributed by atoms with Gasteiger partial charge in [0.2, 0.25) is 0 Å². The van der Waals surface area contributed by atoms with Crippen molar-refractivity contribution < 1.29 is 26.7 Å². The molecule has 0 spiro atoms. The maximum Gasteiger partial charge on any atom is 2.00 e. The van der Waals surface area contributed by atoms with Gasteiger partial charge in [0.1, 0.15) is 8.64 Å². The fourth-order valence-electron chi connectivity index (χ4n) is 1.90. The number of alkyl halides is 3. The van der Waals surface area contributed by atoms with Crippen LogP contribution >= 0.6 is 117 Å². The number of rotatable bonds is 4. The van der Waals surface area contributed by atoms with Gasteiger partial charge in [0.15, 0.2) is 0 Å². The van der Waals surface area contributed by atoms with Crippen molar-refractivity contribution in [2.45, 2.75) is 3.12 Å². The normalized spacial score (nSPS) is 11.4. The molecule has 1 aromatic carbocycles. The number of nitrogens with zero attached hydrogens (tertiary/aromatic N) is 3. The van der Waals surface area contributed by atoms with Gasteiger partial charge in [-0.05, 0) is 33.7 Å². The second kappa shape index (κ2) is 21.5. The SMILES string of the molecule is CN(C)C(=S)SSC(=S)N(C)C.O=C1c2ccccc2C(=O)N1SC(Cl)(Cl)Cl.S=C([S-])NCCNC(=S)[S-].[Mn+2]. The van der Waals surface area contributed by atoms with Gasteiger partial charge in [0.05, 0.1) is 11.1 Å². The molecule has 1 aliphatic rings. The Hall–Kier alpha value is 0.799. The maximum absolute atomic E-state index is 11.8. The molecule has 1 aliphatic heterocycles. The summed E-state index contributed by atoms with van der Waals surface area (Å²) < 4.78 is 1.54. The first-order chi connectivity index (χ1) is 17.5. The van der Waals surface area contributed by atoms with Crippen LogP contribution in [0.4, 0.5) is 0 Å². The van der Waals surface area contributed by atoms with Crippen LogP contribution in [0.5, 0.6) is 0 Å². The zero-order chi connectivity index (χ0) is 29.6. The first-order valence-corrected chi connectivity index (χ1v) is 16.4. The standard InChI is InChI=1S/C9H4Cl3NO2S.C6H12N2S4.C4H8N2S4.Mn/c10-9(11,12)16-13-7(14)5-3-1-2-4-6(5)8(13)15;1-7(2)5(9)11-12-6(10)8(3)4;7-3(8)5-1-2-6-4(9)10;/h1-4H;1-4H3;1-2H2,(H2,5,7,8)(H2,6,9,10);/q;;;+2/p-2. The Bertz CT molecular complexity index is 962. The zero-order valence-corrected chi connectivity index (χ0v) is 31.4. The fourth-order valence-corrected chi connectivity index (χ4v) is 5.88. The predicted molar refractivity (Wildman–Crippen MR) is 189 cm³/mol. The molecule has 2 amide bonds. The molecule has 0 atom stereocenters. The smallest absolute Gasteiger partial charge is 0.412 e. The molecule has 2 rings (SSSR count). The second-order valence-electron chi connectivity index (χ2n) is 6.90. The number of carbonyl (C=O) groups excluding carboxylic acids is 2. The summed E-state index contributed by atoms with van der Waals surface area (Å²) in [4.78, 5) is 27.4. The topological polar surface area (TPSA) is 67.9 Å². The number of benzene rings is 1. The van der Waals surface area contributed by atoms with Crippen molar-refractivity contribution in [3.05, 3.63) is 35.4 Å². The van der Waals surface area contributed by atoms with E-state index in [9.17, 15) is 9.59 Å². The van der Waals surface area contributed by atoms with Crippen LogP contribution < -0.4 is 10.6 Å². The third-order valence-electron chi connectivity index (χ3n) is 3.53. The fraction of sp³-hybridized carbons (Fsp3) is 0.368. The average Bonchev–Trinajstić information content (AvgIpc) is 3.04. The van der Waals surface area contributed by atoms with Crippen molar-refractivity contribution in [1.82, 2.24) is 24.7 Å². The van der Waals surface area contributed by atoms with E-state index < -0.39 is 14.9 Å². The molecule has 0 fully saturated rings. The van der Waals surface area contributed by atoms with Crippen LogP contribution in [0.25, 0.3) is 0 Å². The summed E-state index contributed by atoms with van der Waals surface area (Å²) in [7, 11) is 10.7. The molecule has 1 aromatic rings. The van der Waals surface area contributed by atoms with E-state index in [1.165, 1.54) is 21.6 Å². The molecule has 0 aromatic heterocycles. The number of carbonyl (C=O) groups is 2. The first kappa shape index (κ1) is 41.9. The summed E-state index contributed by atoms with van der Waals surface area (Å²) >= 11 is 45.7. The minimum absolute atomic E-state index is 0. The molecule has 0 saturated heterocycles. The van der Waals surface area contributed by atoms with Crippen molar-refractivity contribution in [2.75, 3.05) is 41.3 Å². The van der Waals surface area contributed by atoms with Gasteiger partial charge < -0.3 is 70.1 Å². The van der Waals surface area contributed by atoms with E-state index in [0.29, 0.717) is 44.8 Å². The Morgan fingerprint density at radius 2 is 1.18 bits per heavy atom. The molecular weight excluding hydrogens is 780 g/mol. The largest absolute Gasteiger partial charge is 2.00 e. The van der Waals surface area contributed by atoms with Crippen LogP contribution in [-0.4, -0.2) is 87.6 Å². The van der Waals surface area contributed by atoms with Crippen molar-refractivity contribution in [3.63, 3.8) is 0 Å². The Balaban J connectivity index is 0. The van der Waals surface area contributed by atoms with Gasteiger partial charge in [0, 0.05) is 53.2 Å². The number of amides is 2. The molecule has 0 saturated carbocycles. The van der Waals surface area contributed by atoms with Crippen molar-refractivity contribution in [1.29, 1.82) is 0 Å². The molecule has 2 N–H and O–H groups in total. The number of halogens is 3. The summed E-state index contributed by atoms with van der Waals surface area (Å²) in [5.74, 6) is -0.922. The minimum Gasteiger partial charge on any atom is -0.412 e. The Labute approximate surface area is 299 Å². The number of imide groups is 1. The van der Waals surface area contributed by atoms with Crippen LogP contribution in [0.3, 0.4) is 0 Å². The van der Waals surface area contributed by atoms with Crippen LogP contribution in [0.1, 0.15) is 20.7 Å². The number of hydrogen-bond acceptors (Lipinski definition) is 11. The van der Waals surface area contributed by atoms with E-state index >= 15 is 0 Å². The van der Waals surface area contributed by atoms with Crippen molar-refractivity contribution in [3.8, 4) is 0 Å². The van der Waals surface area contributed by atoms with E-state index in [4.69, 9.17) is 59.2 Å². The number of thiocarbonyl (C=S) groups is 4. The number of nitrogens with one attached hydrogen (secondary N) is 2. The number of fused-ring (bicyclic) bond motifs is 1. The average molecular weight is 802 g/mol. The molecule has 1 heterocycles. The monoisotopic (exact) mass is 800 g/mol. The molecule has 217 valence electrons. The van der Waals surface area contributed by atoms with E-state index in [2.05, 4.69) is 60.3 Å². The van der Waals surface area contributed by atoms with Gasteiger partial charge in [0.25, 0.3) is 14.9 Å². The molecule has 39 heavy (non-hydrogen) atoms. The summed E-state index contributed by atoms with van der Waals surface area (Å²) in [6, 6.07) is 6.48. The van der Waals surface area contributed by atoms with E-state index in [-0.39, 0.29) is 17.1 Å². The van der Waals surface area contributed by atoms with Gasteiger partial charge >= 0.3 is 17.1 Å². The van der Waals surface area contributed by atoms with E-state index in [1.54, 1.807) is 24.3 Å². The van der Waals surface area contributed by atoms with Crippen LogP contribution in [0.2, 0.25) is 0 Å². The molecule has 0 unspecified atom stereocenters. The molecule has 20 heteroatoms. The molecule has 7 nitrogen and oxygen atoms in total. The summed E-state index contributed by atoms with van der Waals surface area (Å²) in [6.07, 6.45) is 0. The Kier molecular flexibility index (Phi) is 23.1. The van der Waals surface area contributed by atoms with Gasteiger partial charge in [-0.25, -0.2) is 4.31 Å². The second-order valence-corrected chi connectivity index (χ2v) is 16.6. The minimum atomic E-state index is -1.74. The maximum atomic E-state index is 11.8. The van der Waals surface area contributed by atoms with E-state index in [1.807, 2.05) is 38.0 Å². The van der Waals surface area contributed by atoms with Crippen molar-refractivity contribution in [2.24, 2.45) is 0 Å². The quantitative estimate of drug-likeness (QED) is 0.0617. The van der Waals surface area contributed by atoms with Crippen LogP contribution in [0, 0.1) is 0 Å². The Morgan fingerprint density at radius 1 is 0.846 bits per heavy atom. The summed E-state index contributed by atoms with van der Waals surface area (Å²) in [6.45, 7) is 1.33. The molecule has 1 radical (unpaired) electrons. The van der Waals surface area contributed by atoms with E-state index in [0.717, 1.165) is 12.9 Å². The van der Waals surface area contributed by atoms with Gasteiger partial charge in [-0.3, -0.25) is 9.59 Å². The molecule has 0 aliphatic carbocycles. The third-order valence-corrected chi connectivity index (χ3v) is 9.61. The molecule has 0 bridgehead atoms. The first-order valence-electron chi connectivity index (χ1n) is 9.88. The van der Waals surface area contributed by atoms with Gasteiger partial charge in [-0.15, -0.1) is 0 Å². The summed E-state index contributed by atoms with van der Waals surface area (Å²) in [5, 5.41) is 5.56. The van der Waals surface area contributed by atoms with Gasteiger partial charge in [-0.2, -0.15) is 0 Å². The Morgan fingerprint density at radius 3 is 1.44 bits per heavy atom. The zero-order valence-electron chi connectivity index (χ0n) is 20.6. The van der Waals surface area contributed by atoms with Crippen LogP contribution in [-0.2, 0) is 42.3 Å².